The van der Waals surface area contributed by atoms with Crippen LogP contribution >= 0.6 is 36.4 Å². The van der Waals surface area contributed by atoms with Crippen molar-refractivity contribution in [2.75, 3.05) is 36.2 Å². The smallest absolute Gasteiger partial charge is 0.320 e. The molecule has 0 radical (unpaired) electrons. The molecule has 0 atom stereocenters. The minimum atomic E-state index is -4.21. The third kappa shape index (κ3) is 10.3. The maximum atomic E-state index is 13.0. The summed E-state index contributed by atoms with van der Waals surface area (Å²) in [4.78, 5) is 18.4. The van der Waals surface area contributed by atoms with Crippen molar-refractivity contribution in [1.82, 2.24) is 4.90 Å². The number of hydrogen-bond donors (Lipinski definition) is 3. The number of benzene rings is 2. The SMILES string of the molecule is Cl.Cl.N=C(N)c1cccc(/C=C/CN(c2ccc(OC3CCN(C4=NCCCCC4)CC3)c(Cl)c2)S(=O)(=O)CC(=O)O)c1. The minimum Gasteiger partial charge on any atom is -0.489 e. The zero-order chi connectivity index (χ0) is 29.4. The Morgan fingerprint density at radius 2 is 1.91 bits per heavy atom. The maximum absolute atomic E-state index is 13.0. The second-order valence-electron chi connectivity index (χ2n) is 10.2. The van der Waals surface area contributed by atoms with Crippen LogP contribution in [0.5, 0.6) is 5.75 Å². The Labute approximate surface area is 270 Å². The molecule has 2 heterocycles. The Kier molecular flexibility index (Phi) is 14.1. The first kappa shape index (κ1) is 36.2. The topological polar surface area (TPSA) is 149 Å². The molecule has 1 fully saturated rings. The number of amidine groups is 2. The van der Waals surface area contributed by atoms with Gasteiger partial charge in [0.1, 0.15) is 17.7 Å². The molecule has 0 aromatic heterocycles. The van der Waals surface area contributed by atoms with E-state index < -0.39 is 21.7 Å². The van der Waals surface area contributed by atoms with Gasteiger partial charge in [-0.2, -0.15) is 0 Å². The van der Waals surface area contributed by atoms with Crippen LogP contribution in [0.3, 0.4) is 0 Å². The molecule has 10 nitrogen and oxygen atoms in total. The van der Waals surface area contributed by atoms with Gasteiger partial charge in [-0.3, -0.25) is 19.5 Å². The number of aliphatic imine (C=N–C) groups is 1. The van der Waals surface area contributed by atoms with Crippen LogP contribution in [0.25, 0.3) is 6.08 Å². The first-order valence-corrected chi connectivity index (χ1v) is 15.7. The minimum absolute atomic E-state index is 0. The average Bonchev–Trinajstić information content (AvgIpc) is 3.22. The molecule has 2 aromatic carbocycles. The molecule has 0 saturated carbocycles. The summed E-state index contributed by atoms with van der Waals surface area (Å²) in [6, 6.07) is 11.6. The van der Waals surface area contributed by atoms with Crippen molar-refractivity contribution in [3.8, 4) is 5.75 Å². The summed E-state index contributed by atoms with van der Waals surface area (Å²) in [6.07, 6.45) is 9.49. The number of carboxylic acid groups (broad SMARTS) is 1. The first-order valence-electron chi connectivity index (χ1n) is 13.7. The predicted molar refractivity (Wildman–Crippen MR) is 177 cm³/mol. The number of anilines is 1. The number of carbonyl (C=O) groups is 1. The van der Waals surface area contributed by atoms with Crippen molar-refractivity contribution in [3.63, 3.8) is 0 Å². The van der Waals surface area contributed by atoms with E-state index in [-0.39, 0.29) is 54.0 Å². The zero-order valence-corrected chi connectivity index (χ0v) is 26.9. The van der Waals surface area contributed by atoms with Crippen molar-refractivity contribution >= 4 is 75.8 Å². The molecule has 2 aliphatic heterocycles. The molecule has 14 heteroatoms. The number of piperidine rings is 1. The quantitative estimate of drug-likeness (QED) is 0.231. The molecule has 43 heavy (non-hydrogen) atoms. The molecule has 1 saturated heterocycles. The van der Waals surface area contributed by atoms with E-state index in [1.54, 1.807) is 48.6 Å². The lowest BCUT2D eigenvalue weighted by Gasteiger charge is -2.34. The fraction of sp³-hybridized carbons (Fsp3) is 0.414. The van der Waals surface area contributed by atoms with Crippen LogP contribution in [0.4, 0.5) is 5.69 Å². The Hall–Kier alpha value is -2.99. The van der Waals surface area contributed by atoms with Gasteiger partial charge in [-0.15, -0.1) is 24.8 Å². The van der Waals surface area contributed by atoms with Gasteiger partial charge < -0.3 is 20.5 Å². The van der Waals surface area contributed by atoms with E-state index in [0.717, 1.165) is 49.6 Å². The number of aliphatic carboxylic acids is 1. The second kappa shape index (κ2) is 16.7. The summed E-state index contributed by atoms with van der Waals surface area (Å²) in [7, 11) is -4.21. The summed E-state index contributed by atoms with van der Waals surface area (Å²) >= 11 is 6.55. The molecule has 4 rings (SSSR count). The molecule has 4 N–H and O–H groups in total. The number of nitrogen functional groups attached to an aromatic ring is 1. The summed E-state index contributed by atoms with van der Waals surface area (Å²) in [5, 5.41) is 17.1. The van der Waals surface area contributed by atoms with Crippen LogP contribution < -0.4 is 14.8 Å². The number of hydrogen-bond acceptors (Lipinski definition) is 7. The van der Waals surface area contributed by atoms with Gasteiger partial charge in [0.05, 0.1) is 23.1 Å². The Morgan fingerprint density at radius 1 is 1.16 bits per heavy atom. The number of ether oxygens (including phenoxy) is 1. The third-order valence-corrected chi connectivity index (χ3v) is 9.02. The van der Waals surface area contributed by atoms with Crippen LogP contribution in [0, 0.1) is 5.41 Å². The standard InChI is InChI=1S/C29H36ClN5O5S.2ClH/c30-25-19-23(10-11-26(25)40-24-12-16-34(17-13-24)27-9-2-1-3-14-33-27)35(41(38,39)20-28(36)37)15-5-7-21-6-4-8-22(18-21)29(31)32;;/h4-8,10-11,18-19,24H,1-3,9,12-17,20H2,(H3,31,32)(H,36,37);2*1H/b7-5+;;. The summed E-state index contributed by atoms with van der Waals surface area (Å²) in [5.41, 5.74) is 7.03. The van der Waals surface area contributed by atoms with E-state index >= 15 is 0 Å². The first-order chi connectivity index (χ1) is 19.6. The Bertz CT molecular complexity index is 1430. The number of nitrogens with one attached hydrogen (secondary N) is 1. The van der Waals surface area contributed by atoms with Gasteiger partial charge in [0.2, 0.25) is 10.0 Å². The summed E-state index contributed by atoms with van der Waals surface area (Å²) in [5.74, 6) is -0.956. The molecule has 0 unspecified atom stereocenters. The lowest BCUT2D eigenvalue weighted by molar-refractivity contribution is -0.134. The molecule has 2 aromatic rings. The highest BCUT2D eigenvalue weighted by Gasteiger charge is 2.27. The van der Waals surface area contributed by atoms with Gasteiger partial charge in [0, 0.05) is 44.5 Å². The summed E-state index contributed by atoms with van der Waals surface area (Å²) in [6.45, 7) is 2.50. The van der Waals surface area contributed by atoms with Gasteiger partial charge in [-0.05, 0) is 42.7 Å². The number of rotatable bonds is 10. The number of sulfonamides is 1. The Balaban J connectivity index is 0.00000323. The number of likely N-dealkylation sites (tertiary alicyclic amines) is 1. The second-order valence-corrected chi connectivity index (χ2v) is 12.5. The molecule has 0 aliphatic carbocycles. The summed E-state index contributed by atoms with van der Waals surface area (Å²) < 4.78 is 33.2. The normalized spacial score (nSPS) is 15.9. The van der Waals surface area contributed by atoms with Crippen molar-refractivity contribution < 1.29 is 23.1 Å². The maximum Gasteiger partial charge on any atom is 0.320 e. The fourth-order valence-corrected chi connectivity index (χ4v) is 6.41. The Morgan fingerprint density at radius 3 is 2.58 bits per heavy atom. The van der Waals surface area contributed by atoms with Gasteiger partial charge in [-0.1, -0.05) is 48.4 Å². The van der Waals surface area contributed by atoms with E-state index in [1.807, 2.05) is 0 Å². The lowest BCUT2D eigenvalue weighted by atomic mass is 10.1. The number of carboxylic acids is 1. The predicted octanol–water partition coefficient (Wildman–Crippen LogP) is 5.22. The van der Waals surface area contributed by atoms with Crippen LogP contribution in [-0.2, 0) is 14.8 Å². The molecule has 0 spiro atoms. The van der Waals surface area contributed by atoms with Crippen molar-refractivity contribution in [3.05, 3.63) is 64.7 Å². The highest BCUT2D eigenvalue weighted by molar-refractivity contribution is 7.93. The highest BCUT2D eigenvalue weighted by Crippen LogP contribution is 2.33. The number of halogens is 3. The molecule has 0 bridgehead atoms. The molecule has 236 valence electrons. The highest BCUT2D eigenvalue weighted by atomic mass is 35.5. The van der Waals surface area contributed by atoms with Crippen LogP contribution in [-0.4, -0.2) is 74.1 Å². The van der Waals surface area contributed by atoms with E-state index in [4.69, 9.17) is 32.5 Å². The molecule has 0 amide bonds. The van der Waals surface area contributed by atoms with E-state index in [1.165, 1.54) is 24.7 Å². The van der Waals surface area contributed by atoms with Crippen LogP contribution in [0.15, 0.2) is 53.5 Å². The molecular formula is C29H38Cl3N5O5S. The third-order valence-electron chi connectivity index (χ3n) is 7.08. The molecule has 2 aliphatic rings. The van der Waals surface area contributed by atoms with Crippen molar-refractivity contribution in [2.45, 2.75) is 44.6 Å². The number of nitrogens with two attached hydrogens (primary N) is 1. The van der Waals surface area contributed by atoms with Gasteiger partial charge in [0.15, 0.2) is 5.75 Å². The lowest BCUT2D eigenvalue weighted by Crippen LogP contribution is -2.41. The van der Waals surface area contributed by atoms with Gasteiger partial charge in [0.25, 0.3) is 0 Å². The average molecular weight is 675 g/mol. The van der Waals surface area contributed by atoms with Crippen LogP contribution in [0.1, 0.15) is 49.7 Å². The van der Waals surface area contributed by atoms with Gasteiger partial charge in [-0.25, -0.2) is 8.42 Å². The van der Waals surface area contributed by atoms with Gasteiger partial charge >= 0.3 is 5.97 Å². The largest absolute Gasteiger partial charge is 0.489 e. The van der Waals surface area contributed by atoms with E-state index in [2.05, 4.69) is 4.90 Å². The molecular weight excluding hydrogens is 637 g/mol. The number of nitrogens with zero attached hydrogens (tertiary/aromatic N) is 3. The van der Waals surface area contributed by atoms with Crippen molar-refractivity contribution in [1.29, 1.82) is 5.41 Å². The monoisotopic (exact) mass is 673 g/mol. The van der Waals surface area contributed by atoms with Crippen LogP contribution in [0.2, 0.25) is 5.02 Å². The van der Waals surface area contributed by atoms with E-state index in [9.17, 15) is 18.3 Å². The zero-order valence-electron chi connectivity index (χ0n) is 23.7. The van der Waals surface area contributed by atoms with Crippen molar-refractivity contribution in [2.24, 2.45) is 10.7 Å². The fourth-order valence-electron chi connectivity index (χ4n) is 4.98. The van der Waals surface area contributed by atoms with E-state index in [0.29, 0.717) is 16.9 Å².